The van der Waals surface area contributed by atoms with Gasteiger partial charge in [-0.25, -0.2) is 0 Å². The van der Waals surface area contributed by atoms with Gasteiger partial charge < -0.3 is 19.5 Å². The summed E-state index contributed by atoms with van der Waals surface area (Å²) >= 11 is 0. The third-order valence-corrected chi connectivity index (χ3v) is 6.02. The number of fused-ring (bicyclic) bond motifs is 1. The molecule has 3 aromatic carbocycles. The Morgan fingerprint density at radius 2 is 1.75 bits per heavy atom. The molecule has 0 saturated heterocycles. The molecule has 1 amide bonds. The van der Waals surface area contributed by atoms with E-state index in [1.807, 2.05) is 49.4 Å². The number of hydrogen-bond donors (Lipinski definition) is 1. The van der Waals surface area contributed by atoms with E-state index in [1.54, 1.807) is 13.2 Å². The second-order valence-electron chi connectivity index (χ2n) is 8.10. The zero-order valence-corrected chi connectivity index (χ0v) is 17.6. The van der Waals surface area contributed by atoms with Crippen molar-refractivity contribution < 1.29 is 29.2 Å². The van der Waals surface area contributed by atoms with Crippen LogP contribution in [0.15, 0.2) is 60.7 Å². The van der Waals surface area contributed by atoms with Crippen LogP contribution in [0.2, 0.25) is 0 Å². The van der Waals surface area contributed by atoms with Gasteiger partial charge in [-0.2, -0.15) is 0 Å². The minimum Gasteiger partial charge on any atom is -0.496 e. The lowest BCUT2D eigenvalue weighted by molar-refractivity contribution is -0.286. The second-order valence-corrected chi connectivity index (χ2v) is 8.10. The summed E-state index contributed by atoms with van der Waals surface area (Å²) < 4.78 is 41.1. The molecule has 0 unspecified atom stereocenters. The van der Waals surface area contributed by atoms with Gasteiger partial charge in [-0.15, -0.1) is 8.78 Å². The van der Waals surface area contributed by atoms with E-state index >= 15 is 0 Å². The van der Waals surface area contributed by atoms with Gasteiger partial charge in [0.25, 0.3) is 0 Å². The van der Waals surface area contributed by atoms with Crippen LogP contribution in [0.4, 0.5) is 14.5 Å². The molecule has 5 rings (SSSR count). The minimum absolute atomic E-state index is 0. The molecule has 5 nitrogen and oxygen atoms in total. The summed E-state index contributed by atoms with van der Waals surface area (Å²) in [5.41, 5.74) is 3.52. The molecule has 0 radical (unpaired) electrons. The molecule has 1 saturated carbocycles. The molecule has 2 aliphatic rings. The van der Waals surface area contributed by atoms with E-state index in [0.29, 0.717) is 24.1 Å². The normalized spacial score (nSPS) is 17.0. The monoisotopic (exact) mass is 439 g/mol. The molecule has 0 aromatic heterocycles. The summed E-state index contributed by atoms with van der Waals surface area (Å²) in [4.78, 5) is 13.1. The van der Waals surface area contributed by atoms with E-state index < -0.39 is 11.7 Å². The predicted octanol–water partition coefficient (Wildman–Crippen LogP) is 5.91. The van der Waals surface area contributed by atoms with Gasteiger partial charge in [-0.1, -0.05) is 30.3 Å². The quantitative estimate of drug-likeness (QED) is 0.537. The first-order chi connectivity index (χ1) is 15.3. The molecule has 1 N–H and O–H groups in total. The van der Waals surface area contributed by atoms with E-state index in [9.17, 15) is 13.6 Å². The van der Waals surface area contributed by atoms with E-state index in [4.69, 9.17) is 4.74 Å². The number of ether oxygens (including phenoxy) is 3. The Hall–Kier alpha value is -3.61. The van der Waals surface area contributed by atoms with Gasteiger partial charge in [-0.3, -0.25) is 4.79 Å². The van der Waals surface area contributed by atoms with Gasteiger partial charge in [0.15, 0.2) is 11.5 Å². The van der Waals surface area contributed by atoms with Crippen LogP contribution in [0.5, 0.6) is 17.2 Å². The number of carbonyl (C=O) groups excluding carboxylic acids is 1. The van der Waals surface area contributed by atoms with Crippen LogP contribution < -0.4 is 19.5 Å². The maximum absolute atomic E-state index is 13.3. The van der Waals surface area contributed by atoms with Crippen molar-refractivity contribution in [1.82, 2.24) is 0 Å². The molecule has 3 aromatic rings. The van der Waals surface area contributed by atoms with Crippen LogP contribution in [0.1, 0.15) is 25.4 Å². The highest BCUT2D eigenvalue weighted by Crippen LogP contribution is 2.52. The maximum atomic E-state index is 13.3. The second kappa shape index (κ2) is 7.22. The summed E-state index contributed by atoms with van der Waals surface area (Å²) in [6.07, 6.45) is -2.42. The lowest BCUT2D eigenvalue weighted by atomic mass is 9.94. The fraction of sp³-hybridized carbons (Fsp3) is 0.240. The van der Waals surface area contributed by atoms with Crippen LogP contribution >= 0.6 is 0 Å². The first kappa shape index (κ1) is 20.3. The Labute approximate surface area is 185 Å². The van der Waals surface area contributed by atoms with Gasteiger partial charge >= 0.3 is 6.29 Å². The smallest absolute Gasteiger partial charge is 0.496 e. The molecule has 0 atom stereocenters. The van der Waals surface area contributed by atoms with Gasteiger partial charge in [0, 0.05) is 12.7 Å². The van der Waals surface area contributed by atoms with Crippen molar-refractivity contribution >= 4 is 11.6 Å². The SMILES string of the molecule is COc1ccccc1-c1ccc(NC(=O)C2(c3ccc4c(c3)OC(F)(F)O4)CC2)cc1C.[HH]. The highest BCUT2D eigenvalue weighted by atomic mass is 19.3. The van der Waals surface area contributed by atoms with Gasteiger partial charge in [0.05, 0.1) is 12.5 Å². The molecular formula is C25H23F2NO4. The Morgan fingerprint density at radius 1 is 1.00 bits per heavy atom. The van der Waals surface area contributed by atoms with Gasteiger partial charge in [-0.05, 0) is 66.8 Å². The topological polar surface area (TPSA) is 56.8 Å². The van der Waals surface area contributed by atoms with E-state index in [1.165, 1.54) is 12.1 Å². The average molecular weight is 439 g/mol. The zero-order valence-electron chi connectivity index (χ0n) is 17.6. The van der Waals surface area contributed by atoms with Gasteiger partial charge in [0.2, 0.25) is 5.91 Å². The number of anilines is 1. The van der Waals surface area contributed by atoms with Gasteiger partial charge in [0.1, 0.15) is 5.75 Å². The van der Waals surface area contributed by atoms with E-state index in [0.717, 1.165) is 22.4 Å². The summed E-state index contributed by atoms with van der Waals surface area (Å²) in [5.74, 6) is 0.520. The minimum atomic E-state index is -3.68. The highest BCUT2D eigenvalue weighted by molar-refractivity contribution is 6.01. The molecule has 1 heterocycles. The number of hydrogen-bond acceptors (Lipinski definition) is 4. The molecule has 7 heteroatoms. The number of aryl methyl sites for hydroxylation is 1. The standard InChI is InChI=1S/C25H21F2NO4.H2/c1-15-13-17(8-9-18(15)19-5-3-4-6-20(19)30-2)28-23(29)24(11-12-24)16-7-10-21-22(14-16)32-25(26,27)31-21;/h3-10,13-14H,11-12H2,1-2H3,(H,28,29);1H. The Bertz CT molecular complexity index is 1230. The summed E-state index contributed by atoms with van der Waals surface area (Å²) in [5, 5.41) is 2.98. The zero-order chi connectivity index (χ0) is 22.5. The summed E-state index contributed by atoms with van der Waals surface area (Å²) in [6.45, 7) is 1.97. The first-order valence-electron chi connectivity index (χ1n) is 10.3. The molecule has 0 bridgehead atoms. The van der Waals surface area contributed by atoms with Crippen LogP contribution in [-0.2, 0) is 10.2 Å². The molecule has 1 aliphatic heterocycles. The highest BCUT2D eigenvalue weighted by Gasteiger charge is 2.52. The fourth-order valence-corrected chi connectivity index (χ4v) is 4.18. The van der Waals surface area contributed by atoms with Crippen molar-refractivity contribution in [3.05, 3.63) is 71.8 Å². The van der Waals surface area contributed by atoms with Crippen molar-refractivity contribution in [2.75, 3.05) is 12.4 Å². The third kappa shape index (κ3) is 3.43. The first-order valence-corrected chi connectivity index (χ1v) is 10.3. The van der Waals surface area contributed by atoms with Crippen molar-refractivity contribution in [3.8, 4) is 28.4 Å². The predicted molar refractivity (Wildman–Crippen MR) is 117 cm³/mol. The number of alkyl halides is 2. The van der Waals surface area contributed by atoms with Crippen LogP contribution in [0.25, 0.3) is 11.1 Å². The number of benzene rings is 3. The van der Waals surface area contributed by atoms with E-state index in [2.05, 4.69) is 14.8 Å². The number of rotatable bonds is 5. The molecule has 32 heavy (non-hydrogen) atoms. The number of para-hydroxylation sites is 1. The van der Waals surface area contributed by atoms with Crippen molar-refractivity contribution in [1.29, 1.82) is 0 Å². The van der Waals surface area contributed by atoms with Crippen LogP contribution in [0.3, 0.4) is 0 Å². The average Bonchev–Trinajstić information content (AvgIpc) is 3.51. The number of amides is 1. The van der Waals surface area contributed by atoms with Crippen LogP contribution in [0, 0.1) is 6.92 Å². The Balaban J connectivity index is 0.00000259. The number of halogens is 2. The number of methoxy groups -OCH3 is 1. The van der Waals surface area contributed by atoms with E-state index in [-0.39, 0.29) is 18.8 Å². The molecule has 166 valence electrons. The largest absolute Gasteiger partial charge is 0.586 e. The third-order valence-electron chi connectivity index (χ3n) is 6.02. The molecular weight excluding hydrogens is 416 g/mol. The van der Waals surface area contributed by atoms with Crippen LogP contribution in [-0.4, -0.2) is 19.3 Å². The van der Waals surface area contributed by atoms with Crippen molar-refractivity contribution in [3.63, 3.8) is 0 Å². The lowest BCUT2D eigenvalue weighted by Gasteiger charge is -2.17. The number of nitrogens with one attached hydrogen (secondary N) is 1. The Kier molecular flexibility index (Phi) is 4.58. The molecule has 0 spiro atoms. The van der Waals surface area contributed by atoms with Crippen molar-refractivity contribution in [2.24, 2.45) is 0 Å². The lowest BCUT2D eigenvalue weighted by Crippen LogP contribution is -2.28. The summed E-state index contributed by atoms with van der Waals surface area (Å²) in [6, 6.07) is 18.0. The molecule has 1 aliphatic carbocycles. The molecule has 1 fully saturated rings. The fourth-order valence-electron chi connectivity index (χ4n) is 4.18. The Morgan fingerprint density at radius 3 is 2.47 bits per heavy atom. The maximum Gasteiger partial charge on any atom is 0.586 e. The van der Waals surface area contributed by atoms with Crippen molar-refractivity contribution in [2.45, 2.75) is 31.5 Å². The summed E-state index contributed by atoms with van der Waals surface area (Å²) in [7, 11) is 1.63. The number of carbonyl (C=O) groups is 1.